The van der Waals surface area contributed by atoms with Gasteiger partial charge in [0.25, 0.3) is 0 Å². The molecule has 0 spiro atoms. The van der Waals surface area contributed by atoms with Crippen molar-refractivity contribution in [3.05, 3.63) is 28.2 Å². The van der Waals surface area contributed by atoms with Crippen LogP contribution in [-0.2, 0) is 0 Å². The number of nitrogens with two attached hydrogens (primary N) is 1. The van der Waals surface area contributed by atoms with E-state index in [4.69, 9.17) is 5.73 Å². The SMILES string of the molecule is C[C@H](N)c1ccc(N2CCC(C(C)(C)C)C2)c(Br)c1. The smallest absolute Gasteiger partial charge is 0.0510 e. The summed E-state index contributed by atoms with van der Waals surface area (Å²) in [4.78, 5) is 2.49. The molecule has 0 saturated carbocycles. The Bertz CT molecular complexity index is 449. The molecule has 19 heavy (non-hydrogen) atoms. The summed E-state index contributed by atoms with van der Waals surface area (Å²) in [6.07, 6.45) is 1.28. The molecule has 106 valence electrons. The molecule has 0 radical (unpaired) electrons. The molecule has 1 aliphatic rings. The van der Waals surface area contributed by atoms with Gasteiger partial charge in [-0.1, -0.05) is 26.8 Å². The lowest BCUT2D eigenvalue weighted by Gasteiger charge is -2.28. The third-order valence-corrected chi connectivity index (χ3v) is 4.89. The van der Waals surface area contributed by atoms with E-state index in [2.05, 4.69) is 59.8 Å². The van der Waals surface area contributed by atoms with Gasteiger partial charge in [0.15, 0.2) is 0 Å². The van der Waals surface area contributed by atoms with Crippen LogP contribution >= 0.6 is 15.9 Å². The van der Waals surface area contributed by atoms with Crippen LogP contribution in [0.15, 0.2) is 22.7 Å². The van der Waals surface area contributed by atoms with Crippen molar-refractivity contribution < 1.29 is 0 Å². The minimum atomic E-state index is 0.0891. The second-order valence-electron chi connectivity index (χ2n) is 6.80. The molecule has 0 aliphatic carbocycles. The molecule has 1 saturated heterocycles. The molecular formula is C16H25BrN2. The molecule has 3 heteroatoms. The highest BCUT2D eigenvalue weighted by Gasteiger charge is 2.32. The zero-order valence-corrected chi connectivity index (χ0v) is 14.0. The standard InChI is InChI=1S/C16H25BrN2/c1-11(18)12-5-6-15(14(17)9-12)19-8-7-13(10-19)16(2,3)4/h5-6,9,11,13H,7-8,10,18H2,1-4H3/t11-,13?/m0/s1. The van der Waals surface area contributed by atoms with Gasteiger partial charge < -0.3 is 10.6 Å². The summed E-state index contributed by atoms with van der Waals surface area (Å²) in [6.45, 7) is 11.4. The Morgan fingerprint density at radius 3 is 2.53 bits per heavy atom. The lowest BCUT2D eigenvalue weighted by atomic mass is 9.80. The molecule has 2 atom stereocenters. The highest BCUT2D eigenvalue weighted by atomic mass is 79.9. The monoisotopic (exact) mass is 324 g/mol. The van der Waals surface area contributed by atoms with Crippen molar-refractivity contribution >= 4 is 21.6 Å². The quantitative estimate of drug-likeness (QED) is 0.876. The summed E-state index contributed by atoms with van der Waals surface area (Å²) in [6, 6.07) is 6.60. The molecule has 1 unspecified atom stereocenters. The number of halogens is 1. The normalized spacial score (nSPS) is 21.8. The maximum atomic E-state index is 5.93. The number of benzene rings is 1. The molecule has 2 rings (SSSR count). The zero-order valence-electron chi connectivity index (χ0n) is 12.4. The zero-order chi connectivity index (χ0) is 14.2. The van der Waals surface area contributed by atoms with Crippen LogP contribution < -0.4 is 10.6 Å². The molecule has 0 amide bonds. The molecule has 1 aromatic carbocycles. The summed E-state index contributed by atoms with van der Waals surface area (Å²) in [5.41, 5.74) is 8.81. The van der Waals surface area contributed by atoms with Gasteiger partial charge in [-0.3, -0.25) is 0 Å². The number of nitrogens with zero attached hydrogens (tertiary/aromatic N) is 1. The Morgan fingerprint density at radius 2 is 2.05 bits per heavy atom. The first-order valence-corrected chi connectivity index (χ1v) is 7.88. The number of hydrogen-bond donors (Lipinski definition) is 1. The van der Waals surface area contributed by atoms with Crippen LogP contribution in [0.1, 0.15) is 45.7 Å². The van der Waals surface area contributed by atoms with Crippen LogP contribution in [0.25, 0.3) is 0 Å². The van der Waals surface area contributed by atoms with Crippen molar-refractivity contribution in [2.24, 2.45) is 17.1 Å². The summed E-state index contributed by atoms with van der Waals surface area (Å²) in [5.74, 6) is 0.771. The van der Waals surface area contributed by atoms with Crippen molar-refractivity contribution in [3.63, 3.8) is 0 Å². The first-order chi connectivity index (χ1) is 8.79. The van der Waals surface area contributed by atoms with Crippen molar-refractivity contribution in [2.75, 3.05) is 18.0 Å². The average Bonchev–Trinajstić information content (AvgIpc) is 2.77. The van der Waals surface area contributed by atoms with E-state index in [1.165, 1.54) is 17.7 Å². The maximum absolute atomic E-state index is 5.93. The Kier molecular flexibility index (Phi) is 4.26. The molecule has 1 heterocycles. The molecule has 2 N–H and O–H groups in total. The molecular weight excluding hydrogens is 300 g/mol. The van der Waals surface area contributed by atoms with Gasteiger partial charge in [0.1, 0.15) is 0 Å². The Morgan fingerprint density at radius 1 is 1.37 bits per heavy atom. The van der Waals surface area contributed by atoms with Crippen LogP contribution in [0.3, 0.4) is 0 Å². The fourth-order valence-corrected chi connectivity index (χ4v) is 3.40. The maximum Gasteiger partial charge on any atom is 0.0510 e. The van der Waals surface area contributed by atoms with Crippen LogP contribution in [0.4, 0.5) is 5.69 Å². The molecule has 0 bridgehead atoms. The Hall–Kier alpha value is -0.540. The first kappa shape index (κ1) is 14.9. The molecule has 1 aromatic rings. The summed E-state index contributed by atoms with van der Waals surface area (Å²) >= 11 is 3.70. The molecule has 1 fully saturated rings. The highest BCUT2D eigenvalue weighted by Crippen LogP contribution is 2.38. The van der Waals surface area contributed by atoms with Gasteiger partial charge in [-0.2, -0.15) is 0 Å². The Labute approximate surface area is 125 Å². The lowest BCUT2D eigenvalue weighted by Crippen LogP contribution is -2.26. The van der Waals surface area contributed by atoms with Gasteiger partial charge in [-0.05, 0) is 58.3 Å². The van der Waals surface area contributed by atoms with Crippen LogP contribution in [0.2, 0.25) is 0 Å². The predicted molar refractivity (Wildman–Crippen MR) is 86.5 cm³/mol. The number of rotatable bonds is 2. The Balaban J connectivity index is 2.16. The van der Waals surface area contributed by atoms with E-state index >= 15 is 0 Å². The van der Waals surface area contributed by atoms with Gasteiger partial charge >= 0.3 is 0 Å². The van der Waals surface area contributed by atoms with Crippen molar-refractivity contribution in [1.29, 1.82) is 0 Å². The van der Waals surface area contributed by atoms with Gasteiger partial charge in [0.2, 0.25) is 0 Å². The molecule has 2 nitrogen and oxygen atoms in total. The number of anilines is 1. The first-order valence-electron chi connectivity index (χ1n) is 7.09. The van der Waals surface area contributed by atoms with E-state index in [1.54, 1.807) is 0 Å². The highest BCUT2D eigenvalue weighted by molar-refractivity contribution is 9.10. The third kappa shape index (κ3) is 3.32. The van der Waals surface area contributed by atoms with E-state index < -0.39 is 0 Å². The second kappa shape index (κ2) is 5.45. The van der Waals surface area contributed by atoms with Gasteiger partial charge in [-0.25, -0.2) is 0 Å². The van der Waals surface area contributed by atoms with Gasteiger partial charge in [-0.15, -0.1) is 0 Å². The topological polar surface area (TPSA) is 29.3 Å². The lowest BCUT2D eigenvalue weighted by molar-refractivity contribution is 0.263. The van der Waals surface area contributed by atoms with E-state index in [-0.39, 0.29) is 6.04 Å². The minimum absolute atomic E-state index is 0.0891. The van der Waals surface area contributed by atoms with Crippen LogP contribution in [0.5, 0.6) is 0 Å². The van der Waals surface area contributed by atoms with E-state index in [0.29, 0.717) is 5.41 Å². The van der Waals surface area contributed by atoms with E-state index in [0.717, 1.165) is 23.5 Å². The number of hydrogen-bond acceptors (Lipinski definition) is 2. The summed E-state index contributed by atoms with van der Waals surface area (Å²) in [7, 11) is 0. The third-order valence-electron chi connectivity index (χ3n) is 4.25. The second-order valence-corrected chi connectivity index (χ2v) is 7.65. The van der Waals surface area contributed by atoms with Crippen LogP contribution in [0, 0.1) is 11.3 Å². The molecule has 0 aromatic heterocycles. The fraction of sp³-hybridized carbons (Fsp3) is 0.625. The fourth-order valence-electron chi connectivity index (χ4n) is 2.75. The predicted octanol–water partition coefficient (Wildman–Crippen LogP) is 4.34. The summed E-state index contributed by atoms with van der Waals surface area (Å²) in [5, 5.41) is 0. The van der Waals surface area contributed by atoms with Gasteiger partial charge in [0, 0.05) is 23.6 Å². The van der Waals surface area contributed by atoms with Crippen LogP contribution in [-0.4, -0.2) is 13.1 Å². The van der Waals surface area contributed by atoms with E-state index in [9.17, 15) is 0 Å². The summed E-state index contributed by atoms with van der Waals surface area (Å²) < 4.78 is 1.16. The minimum Gasteiger partial charge on any atom is -0.370 e. The molecule has 1 aliphatic heterocycles. The van der Waals surface area contributed by atoms with E-state index in [1.807, 2.05) is 6.92 Å². The van der Waals surface area contributed by atoms with Crippen molar-refractivity contribution in [2.45, 2.75) is 40.2 Å². The largest absolute Gasteiger partial charge is 0.370 e. The van der Waals surface area contributed by atoms with Crippen molar-refractivity contribution in [1.82, 2.24) is 0 Å². The van der Waals surface area contributed by atoms with Gasteiger partial charge in [0.05, 0.1) is 5.69 Å². The van der Waals surface area contributed by atoms with Crippen molar-refractivity contribution in [3.8, 4) is 0 Å². The average molecular weight is 325 g/mol.